The fourth-order valence-corrected chi connectivity index (χ4v) is 2.67. The normalized spacial score (nSPS) is 12.2. The smallest absolute Gasteiger partial charge is 0.287 e. The number of aromatic nitrogens is 1. The summed E-state index contributed by atoms with van der Waals surface area (Å²) in [7, 11) is -3.45. The van der Waals surface area contributed by atoms with Crippen LogP contribution in [0.15, 0.2) is 5.38 Å². The van der Waals surface area contributed by atoms with E-state index in [4.69, 9.17) is 5.11 Å². The van der Waals surface area contributed by atoms with Crippen molar-refractivity contribution in [1.82, 2.24) is 10.3 Å². The molecule has 1 aromatic heterocycles. The van der Waals surface area contributed by atoms with Crippen molar-refractivity contribution in [2.24, 2.45) is 0 Å². The van der Waals surface area contributed by atoms with Crippen LogP contribution in [-0.2, 0) is 21.2 Å². The van der Waals surface area contributed by atoms with Crippen LogP contribution in [0, 0.1) is 0 Å². The summed E-state index contributed by atoms with van der Waals surface area (Å²) in [5.74, 6) is -4.07. The first-order valence-corrected chi connectivity index (χ1v) is 8.06. The summed E-state index contributed by atoms with van der Waals surface area (Å²) in [4.78, 5) is 15.2. The molecule has 114 valence electrons. The van der Waals surface area contributed by atoms with E-state index in [1.54, 1.807) is 0 Å². The maximum atomic E-state index is 12.7. The summed E-state index contributed by atoms with van der Waals surface area (Å²) in [6.07, 6.45) is 0.696. The van der Waals surface area contributed by atoms with Crippen LogP contribution in [0.4, 0.5) is 13.9 Å². The van der Waals surface area contributed by atoms with Gasteiger partial charge in [0, 0.05) is 5.38 Å². The van der Waals surface area contributed by atoms with Crippen LogP contribution < -0.4 is 10.0 Å². The highest BCUT2D eigenvalue weighted by Gasteiger charge is 2.28. The Kier molecular flexibility index (Phi) is 5.36. The third-order valence-corrected chi connectivity index (χ3v) is 3.44. The quantitative estimate of drug-likeness (QED) is 0.642. The molecule has 1 aromatic rings. The van der Waals surface area contributed by atoms with Crippen molar-refractivity contribution in [2.75, 3.05) is 24.1 Å². The number of alkyl halides is 2. The molecular formula is C9H13F2N3O4S2. The molecule has 0 saturated heterocycles. The molecule has 0 aromatic carbocycles. The first-order valence-electron chi connectivity index (χ1n) is 5.29. The van der Waals surface area contributed by atoms with Crippen LogP contribution in [0.2, 0.25) is 0 Å². The van der Waals surface area contributed by atoms with Gasteiger partial charge < -0.3 is 10.4 Å². The minimum absolute atomic E-state index is 0.0935. The SMILES string of the molecule is CS(=O)(=O)Nc1nc(CC(=O)NCC(F)(F)CO)cs1. The van der Waals surface area contributed by atoms with E-state index in [1.807, 2.05) is 5.32 Å². The van der Waals surface area contributed by atoms with Crippen molar-refractivity contribution in [3.63, 3.8) is 0 Å². The summed E-state index contributed by atoms with van der Waals surface area (Å²) in [6, 6.07) is 0. The number of thiazole rings is 1. The number of anilines is 1. The minimum Gasteiger partial charge on any atom is -0.390 e. The lowest BCUT2D eigenvalue weighted by molar-refractivity contribution is -0.123. The second kappa shape index (κ2) is 6.41. The number of aliphatic hydroxyl groups excluding tert-OH is 1. The second-order valence-electron chi connectivity index (χ2n) is 3.99. The van der Waals surface area contributed by atoms with E-state index < -0.39 is 35.0 Å². The van der Waals surface area contributed by atoms with E-state index >= 15 is 0 Å². The Bertz CT molecular complexity index is 574. The molecule has 11 heteroatoms. The summed E-state index contributed by atoms with van der Waals surface area (Å²) < 4.78 is 49.4. The molecule has 0 aliphatic heterocycles. The number of nitrogens with one attached hydrogen (secondary N) is 2. The van der Waals surface area contributed by atoms with Crippen molar-refractivity contribution < 1.29 is 27.1 Å². The van der Waals surface area contributed by atoms with Crippen LogP contribution in [-0.4, -0.2) is 49.7 Å². The lowest BCUT2D eigenvalue weighted by atomic mass is 10.3. The second-order valence-corrected chi connectivity index (χ2v) is 6.59. The molecule has 1 rings (SSSR count). The van der Waals surface area contributed by atoms with Gasteiger partial charge in [0.25, 0.3) is 5.92 Å². The molecule has 0 fully saturated rings. The zero-order chi connectivity index (χ0) is 15.4. The molecule has 7 nitrogen and oxygen atoms in total. The van der Waals surface area contributed by atoms with Gasteiger partial charge in [-0.3, -0.25) is 9.52 Å². The molecule has 0 aliphatic rings. The van der Waals surface area contributed by atoms with E-state index in [0.29, 0.717) is 0 Å². The molecule has 0 unspecified atom stereocenters. The largest absolute Gasteiger partial charge is 0.390 e. The Balaban J connectivity index is 2.51. The third kappa shape index (κ3) is 6.21. The number of carbonyl (C=O) groups is 1. The van der Waals surface area contributed by atoms with E-state index in [9.17, 15) is 22.0 Å². The summed E-state index contributed by atoms with van der Waals surface area (Å²) in [5.41, 5.74) is 0.256. The number of amides is 1. The predicted octanol–water partition coefficient (Wildman–Crippen LogP) is -0.199. The van der Waals surface area contributed by atoms with Gasteiger partial charge in [0.15, 0.2) is 5.13 Å². The number of halogens is 2. The van der Waals surface area contributed by atoms with Crippen molar-refractivity contribution in [1.29, 1.82) is 0 Å². The minimum atomic E-state index is -3.45. The zero-order valence-corrected chi connectivity index (χ0v) is 12.0. The number of rotatable bonds is 7. The highest BCUT2D eigenvalue weighted by molar-refractivity contribution is 7.92. The molecule has 0 radical (unpaired) electrons. The predicted molar refractivity (Wildman–Crippen MR) is 69.3 cm³/mol. The zero-order valence-electron chi connectivity index (χ0n) is 10.4. The van der Waals surface area contributed by atoms with Crippen molar-refractivity contribution >= 4 is 32.4 Å². The van der Waals surface area contributed by atoms with Gasteiger partial charge in [0.1, 0.15) is 6.61 Å². The maximum Gasteiger partial charge on any atom is 0.287 e. The Morgan fingerprint density at radius 2 is 2.20 bits per heavy atom. The third-order valence-electron chi connectivity index (χ3n) is 1.94. The number of carbonyl (C=O) groups excluding carboxylic acids is 1. The standard InChI is InChI=1S/C9H13F2N3O4S2/c1-20(17,18)14-8-13-6(3-19-8)2-7(16)12-4-9(10,11)5-15/h3,15H,2,4-5H2,1H3,(H,12,16)(H,13,14). The summed E-state index contributed by atoms with van der Waals surface area (Å²) >= 11 is 0.977. The molecule has 20 heavy (non-hydrogen) atoms. The molecule has 0 atom stereocenters. The van der Waals surface area contributed by atoms with E-state index in [2.05, 4.69) is 9.71 Å². The number of sulfonamides is 1. The van der Waals surface area contributed by atoms with Crippen LogP contribution >= 0.6 is 11.3 Å². The fourth-order valence-electron chi connectivity index (χ4n) is 1.10. The van der Waals surface area contributed by atoms with Crippen LogP contribution in [0.25, 0.3) is 0 Å². The summed E-state index contributed by atoms with van der Waals surface area (Å²) in [6.45, 7) is -2.33. The van der Waals surface area contributed by atoms with Gasteiger partial charge in [-0.15, -0.1) is 11.3 Å². The molecule has 0 spiro atoms. The van der Waals surface area contributed by atoms with Crippen molar-refractivity contribution in [3.8, 4) is 0 Å². The number of hydrogen-bond acceptors (Lipinski definition) is 6. The van der Waals surface area contributed by atoms with Gasteiger partial charge in [-0.25, -0.2) is 22.2 Å². The van der Waals surface area contributed by atoms with Gasteiger partial charge in [-0.05, 0) is 0 Å². The average molecular weight is 329 g/mol. The van der Waals surface area contributed by atoms with Crippen LogP contribution in [0.5, 0.6) is 0 Å². The average Bonchev–Trinajstić information content (AvgIpc) is 2.71. The van der Waals surface area contributed by atoms with Gasteiger partial charge in [0.05, 0.1) is 24.9 Å². The molecule has 0 bridgehead atoms. The lowest BCUT2D eigenvalue weighted by Crippen LogP contribution is -2.39. The Hall–Kier alpha value is -1.33. The van der Waals surface area contributed by atoms with Crippen molar-refractivity contribution in [2.45, 2.75) is 12.3 Å². The van der Waals surface area contributed by atoms with E-state index in [1.165, 1.54) is 5.38 Å². The lowest BCUT2D eigenvalue weighted by Gasteiger charge is -2.13. The van der Waals surface area contributed by atoms with E-state index in [0.717, 1.165) is 17.6 Å². The van der Waals surface area contributed by atoms with Crippen LogP contribution in [0.3, 0.4) is 0 Å². The first-order chi connectivity index (χ1) is 9.11. The Labute approximate surface area is 118 Å². The van der Waals surface area contributed by atoms with Crippen molar-refractivity contribution in [3.05, 3.63) is 11.1 Å². The van der Waals surface area contributed by atoms with Gasteiger partial charge in [-0.1, -0.05) is 0 Å². The highest BCUT2D eigenvalue weighted by Crippen LogP contribution is 2.17. The fraction of sp³-hybridized carbons (Fsp3) is 0.556. The van der Waals surface area contributed by atoms with Gasteiger partial charge >= 0.3 is 0 Å². The van der Waals surface area contributed by atoms with E-state index in [-0.39, 0.29) is 17.2 Å². The molecule has 1 heterocycles. The first kappa shape index (κ1) is 16.7. The van der Waals surface area contributed by atoms with Gasteiger partial charge in [-0.2, -0.15) is 0 Å². The molecule has 1 amide bonds. The molecule has 3 N–H and O–H groups in total. The number of hydrogen-bond donors (Lipinski definition) is 3. The Morgan fingerprint density at radius 3 is 2.75 bits per heavy atom. The van der Waals surface area contributed by atoms with Crippen LogP contribution in [0.1, 0.15) is 5.69 Å². The molecule has 0 aliphatic carbocycles. The summed E-state index contributed by atoms with van der Waals surface area (Å²) in [5, 5.41) is 11.8. The number of aliphatic hydroxyl groups is 1. The molecular weight excluding hydrogens is 316 g/mol. The van der Waals surface area contributed by atoms with Gasteiger partial charge in [0.2, 0.25) is 15.9 Å². The monoisotopic (exact) mass is 329 g/mol. The topological polar surface area (TPSA) is 108 Å². The Morgan fingerprint density at radius 1 is 1.55 bits per heavy atom. The molecule has 0 saturated carbocycles. The highest BCUT2D eigenvalue weighted by atomic mass is 32.2. The number of nitrogens with zero attached hydrogens (tertiary/aromatic N) is 1. The maximum absolute atomic E-state index is 12.7.